The van der Waals surface area contributed by atoms with Gasteiger partial charge in [-0.25, -0.2) is 8.42 Å². The predicted molar refractivity (Wildman–Crippen MR) is 74.2 cm³/mol. The average molecular weight is 320 g/mol. The van der Waals surface area contributed by atoms with Crippen molar-refractivity contribution in [2.75, 3.05) is 13.1 Å². The Morgan fingerprint density at radius 1 is 1.26 bits per heavy atom. The number of hydrogen-bond acceptors (Lipinski definition) is 3. The maximum absolute atomic E-state index is 12.4. The predicted octanol–water partition coefficient (Wildman–Crippen LogP) is 2.67. The highest BCUT2D eigenvalue weighted by molar-refractivity contribution is 8.13. The van der Waals surface area contributed by atoms with Crippen LogP contribution in [0.4, 0.5) is 0 Å². The summed E-state index contributed by atoms with van der Waals surface area (Å²) in [4.78, 5) is 13.7. The summed E-state index contributed by atoms with van der Waals surface area (Å²) < 4.78 is 23.0. The van der Waals surface area contributed by atoms with Gasteiger partial charge in [-0.1, -0.05) is 29.8 Å². The second kappa shape index (κ2) is 5.53. The van der Waals surface area contributed by atoms with E-state index >= 15 is 0 Å². The Morgan fingerprint density at radius 2 is 2.00 bits per heavy atom. The molecule has 1 aromatic rings. The highest BCUT2D eigenvalue weighted by atomic mass is 35.7. The Bertz CT molecular complexity index is 640. The highest BCUT2D eigenvalue weighted by Gasteiger charge is 2.26. The molecule has 0 saturated heterocycles. The lowest BCUT2D eigenvalue weighted by Crippen LogP contribution is -2.34. The van der Waals surface area contributed by atoms with Crippen LogP contribution in [-0.2, 0) is 9.05 Å². The summed E-state index contributed by atoms with van der Waals surface area (Å²) in [6.07, 6.45) is 4.56. The van der Waals surface area contributed by atoms with Crippen LogP contribution >= 0.6 is 22.3 Å². The van der Waals surface area contributed by atoms with Crippen LogP contribution in [0.15, 0.2) is 35.2 Å². The molecule has 1 aliphatic heterocycles. The Balaban J connectivity index is 2.49. The van der Waals surface area contributed by atoms with E-state index in [0.29, 0.717) is 13.1 Å². The summed E-state index contributed by atoms with van der Waals surface area (Å²) in [6.45, 7) is 0.966. The molecule has 4 nitrogen and oxygen atoms in total. The van der Waals surface area contributed by atoms with Gasteiger partial charge in [-0.05, 0) is 18.6 Å². The summed E-state index contributed by atoms with van der Waals surface area (Å²) in [5.74, 6) is -0.422. The molecule has 0 spiro atoms. The first-order chi connectivity index (χ1) is 8.91. The number of hydrogen-bond donors (Lipinski definition) is 0. The first kappa shape index (κ1) is 14.4. The standard InChI is InChI=1S/C12H11Cl2NO3S/c13-9-5-4-6-10(19(14,17)18)11(9)12(16)15-7-2-1-3-8-15/h1-2,4-6H,3,7-8H2. The second-order valence-corrected chi connectivity index (χ2v) is 7.00. The Kier molecular flexibility index (Phi) is 4.18. The van der Waals surface area contributed by atoms with Gasteiger partial charge in [0.1, 0.15) is 0 Å². The van der Waals surface area contributed by atoms with Gasteiger partial charge in [0.25, 0.3) is 15.0 Å². The fourth-order valence-corrected chi connectivity index (χ4v) is 3.28. The van der Waals surface area contributed by atoms with E-state index < -0.39 is 15.0 Å². The van der Waals surface area contributed by atoms with Crippen molar-refractivity contribution in [2.24, 2.45) is 0 Å². The summed E-state index contributed by atoms with van der Waals surface area (Å²) in [6, 6.07) is 4.20. The number of carbonyl (C=O) groups excluding carboxylic acids is 1. The third-order valence-corrected chi connectivity index (χ3v) is 4.48. The van der Waals surface area contributed by atoms with Crippen LogP contribution in [0.25, 0.3) is 0 Å². The number of benzene rings is 1. The minimum atomic E-state index is -4.02. The van der Waals surface area contributed by atoms with Crippen LogP contribution in [0.2, 0.25) is 5.02 Å². The molecule has 0 unspecified atom stereocenters. The molecule has 7 heteroatoms. The number of rotatable bonds is 2. The van der Waals surface area contributed by atoms with E-state index in [1.807, 2.05) is 12.2 Å². The van der Waals surface area contributed by atoms with Crippen molar-refractivity contribution in [3.8, 4) is 0 Å². The largest absolute Gasteiger partial charge is 0.335 e. The van der Waals surface area contributed by atoms with Gasteiger partial charge in [-0.3, -0.25) is 4.79 Å². The quantitative estimate of drug-likeness (QED) is 0.622. The highest BCUT2D eigenvalue weighted by Crippen LogP contribution is 2.28. The number of carbonyl (C=O) groups is 1. The van der Waals surface area contributed by atoms with E-state index in [-0.39, 0.29) is 15.5 Å². The molecule has 2 rings (SSSR count). The molecule has 1 amide bonds. The fraction of sp³-hybridized carbons (Fsp3) is 0.250. The van der Waals surface area contributed by atoms with E-state index in [1.54, 1.807) is 0 Å². The third kappa shape index (κ3) is 3.11. The monoisotopic (exact) mass is 319 g/mol. The van der Waals surface area contributed by atoms with E-state index in [1.165, 1.54) is 23.1 Å². The normalized spacial score (nSPS) is 15.6. The van der Waals surface area contributed by atoms with Crippen LogP contribution in [0.3, 0.4) is 0 Å². The van der Waals surface area contributed by atoms with Crippen molar-refractivity contribution < 1.29 is 13.2 Å². The fourth-order valence-electron chi connectivity index (χ4n) is 1.90. The van der Waals surface area contributed by atoms with Crippen LogP contribution in [-0.4, -0.2) is 32.3 Å². The number of nitrogens with zero attached hydrogens (tertiary/aromatic N) is 1. The zero-order valence-corrected chi connectivity index (χ0v) is 12.2. The molecular weight excluding hydrogens is 309 g/mol. The summed E-state index contributed by atoms with van der Waals surface area (Å²) >= 11 is 5.96. The first-order valence-electron chi connectivity index (χ1n) is 5.58. The second-order valence-electron chi connectivity index (χ2n) is 4.06. The van der Waals surface area contributed by atoms with Crippen molar-refractivity contribution in [1.82, 2.24) is 4.90 Å². The SMILES string of the molecule is O=C(c1c(Cl)cccc1S(=O)(=O)Cl)N1CC=CCC1. The van der Waals surface area contributed by atoms with Gasteiger partial charge in [0.15, 0.2) is 0 Å². The number of halogens is 2. The molecule has 19 heavy (non-hydrogen) atoms. The smallest absolute Gasteiger partial charge is 0.262 e. The van der Waals surface area contributed by atoms with E-state index in [9.17, 15) is 13.2 Å². The molecule has 0 fully saturated rings. The van der Waals surface area contributed by atoms with Gasteiger partial charge in [0.2, 0.25) is 0 Å². The van der Waals surface area contributed by atoms with E-state index in [2.05, 4.69) is 0 Å². The van der Waals surface area contributed by atoms with Gasteiger partial charge in [0.05, 0.1) is 15.5 Å². The van der Waals surface area contributed by atoms with Gasteiger partial charge in [-0.2, -0.15) is 0 Å². The molecule has 0 N–H and O–H groups in total. The van der Waals surface area contributed by atoms with Crippen LogP contribution < -0.4 is 0 Å². The molecule has 0 aliphatic carbocycles. The molecule has 1 aromatic carbocycles. The van der Waals surface area contributed by atoms with Gasteiger partial charge < -0.3 is 4.90 Å². The van der Waals surface area contributed by atoms with Crippen LogP contribution in [0, 0.1) is 0 Å². The molecule has 0 atom stereocenters. The molecule has 1 heterocycles. The minimum absolute atomic E-state index is 0.0607. The van der Waals surface area contributed by atoms with Crippen molar-refractivity contribution in [3.05, 3.63) is 40.9 Å². The maximum atomic E-state index is 12.4. The van der Waals surface area contributed by atoms with Crippen molar-refractivity contribution in [1.29, 1.82) is 0 Å². The van der Waals surface area contributed by atoms with Gasteiger partial charge in [-0.15, -0.1) is 0 Å². The molecule has 0 aromatic heterocycles. The van der Waals surface area contributed by atoms with Crippen molar-refractivity contribution in [3.63, 3.8) is 0 Å². The zero-order chi connectivity index (χ0) is 14.0. The Morgan fingerprint density at radius 3 is 2.58 bits per heavy atom. The zero-order valence-electron chi connectivity index (χ0n) is 9.84. The van der Waals surface area contributed by atoms with Gasteiger partial charge >= 0.3 is 0 Å². The molecule has 0 bridgehead atoms. The van der Waals surface area contributed by atoms with Crippen LogP contribution in [0.5, 0.6) is 0 Å². The molecule has 102 valence electrons. The average Bonchev–Trinajstić information content (AvgIpc) is 2.37. The van der Waals surface area contributed by atoms with E-state index in [4.69, 9.17) is 22.3 Å². The molecule has 0 radical (unpaired) electrons. The lowest BCUT2D eigenvalue weighted by molar-refractivity contribution is 0.0767. The summed E-state index contributed by atoms with van der Waals surface area (Å²) in [7, 11) is 1.33. The minimum Gasteiger partial charge on any atom is -0.335 e. The molecular formula is C12H11Cl2NO3S. The topological polar surface area (TPSA) is 54.5 Å². The first-order valence-corrected chi connectivity index (χ1v) is 8.27. The van der Waals surface area contributed by atoms with Gasteiger partial charge in [0, 0.05) is 23.8 Å². The lowest BCUT2D eigenvalue weighted by Gasteiger charge is -2.24. The summed E-state index contributed by atoms with van der Waals surface area (Å²) in [5.41, 5.74) is -0.0607. The summed E-state index contributed by atoms with van der Waals surface area (Å²) in [5, 5.41) is 0.0845. The Labute approximate surface area is 121 Å². The lowest BCUT2D eigenvalue weighted by atomic mass is 10.1. The Hall–Kier alpha value is -1.04. The van der Waals surface area contributed by atoms with E-state index in [0.717, 1.165) is 6.42 Å². The number of amides is 1. The van der Waals surface area contributed by atoms with Crippen molar-refractivity contribution in [2.45, 2.75) is 11.3 Å². The van der Waals surface area contributed by atoms with Crippen LogP contribution in [0.1, 0.15) is 16.8 Å². The van der Waals surface area contributed by atoms with Crippen molar-refractivity contribution >= 4 is 37.2 Å². The maximum Gasteiger partial charge on any atom is 0.262 e. The molecule has 1 aliphatic rings. The third-order valence-electron chi connectivity index (χ3n) is 2.80. The molecule has 0 saturated carbocycles.